The maximum Gasteiger partial charge on any atom is 0.238 e. The Morgan fingerprint density at radius 3 is 2.81 bits per heavy atom. The van der Waals surface area contributed by atoms with E-state index in [2.05, 4.69) is 26.2 Å². The van der Waals surface area contributed by atoms with Crippen molar-refractivity contribution in [3.63, 3.8) is 0 Å². The van der Waals surface area contributed by atoms with Crippen LogP contribution >= 0.6 is 23.1 Å². The summed E-state index contributed by atoms with van der Waals surface area (Å²) < 4.78 is 2.05. The van der Waals surface area contributed by atoms with E-state index < -0.39 is 0 Å². The number of aromatic nitrogens is 3. The van der Waals surface area contributed by atoms with Gasteiger partial charge in [-0.25, -0.2) is 0 Å². The number of amides is 1. The van der Waals surface area contributed by atoms with E-state index in [-0.39, 0.29) is 11.2 Å². The molecule has 0 spiro atoms. The molecule has 1 aromatic carbocycles. The molecule has 4 rings (SSSR count). The summed E-state index contributed by atoms with van der Waals surface area (Å²) in [4.78, 5) is 12.6. The molecule has 2 heterocycles. The first-order valence-electron chi connectivity index (χ1n) is 8.63. The lowest BCUT2D eigenvalue weighted by atomic mass is 10.3. The lowest BCUT2D eigenvalue weighted by Gasteiger charge is -2.13. The van der Waals surface area contributed by atoms with Crippen LogP contribution in [0.25, 0.3) is 5.69 Å². The summed E-state index contributed by atoms with van der Waals surface area (Å²) in [5.74, 6) is 1.25. The van der Waals surface area contributed by atoms with E-state index in [1.165, 1.54) is 23.1 Å². The van der Waals surface area contributed by atoms with Crippen LogP contribution in [0.2, 0.25) is 0 Å². The normalized spacial score (nSPS) is 14.5. The Morgan fingerprint density at radius 1 is 1.33 bits per heavy atom. The van der Waals surface area contributed by atoms with Crippen molar-refractivity contribution in [1.82, 2.24) is 14.8 Å². The lowest BCUT2D eigenvalue weighted by Crippen LogP contribution is -2.22. The number of nitrogens with zero attached hydrogens (tertiary/aromatic N) is 4. The monoisotopic (exact) mass is 395 g/mol. The zero-order valence-corrected chi connectivity index (χ0v) is 16.3. The lowest BCUT2D eigenvalue weighted by molar-refractivity contribution is -0.115. The minimum atomic E-state index is -0.377. The number of hydrogen-bond acceptors (Lipinski definition) is 6. The summed E-state index contributed by atoms with van der Waals surface area (Å²) in [5, 5.41) is 23.4. The predicted molar refractivity (Wildman–Crippen MR) is 106 cm³/mol. The molecule has 1 aliphatic rings. The van der Waals surface area contributed by atoms with Crippen molar-refractivity contribution in [3.8, 4) is 11.8 Å². The Bertz CT molecular complexity index is 1000. The molecule has 0 unspecified atom stereocenters. The molecule has 6 nitrogen and oxygen atoms in total. The average Bonchev–Trinajstić information content (AvgIpc) is 3.30. The Morgan fingerprint density at radius 2 is 2.11 bits per heavy atom. The number of rotatable bonds is 6. The summed E-state index contributed by atoms with van der Waals surface area (Å²) >= 11 is 2.72. The number of benzene rings is 1. The van der Waals surface area contributed by atoms with Crippen molar-refractivity contribution in [2.75, 3.05) is 5.32 Å². The third-order valence-electron chi connectivity index (χ3n) is 4.29. The third-order valence-corrected chi connectivity index (χ3v) is 6.16. The number of thiophene rings is 1. The second-order valence-corrected chi connectivity index (χ2v) is 8.53. The number of nitrogens with one attached hydrogen (secondary N) is 1. The predicted octanol–water partition coefficient (Wildman–Crippen LogP) is 4.20. The van der Waals surface area contributed by atoms with Crippen LogP contribution in [0, 0.1) is 11.3 Å². The van der Waals surface area contributed by atoms with Crippen molar-refractivity contribution < 1.29 is 4.79 Å². The highest BCUT2D eigenvalue weighted by Gasteiger charge is 2.32. The van der Waals surface area contributed by atoms with Gasteiger partial charge in [-0.1, -0.05) is 30.0 Å². The van der Waals surface area contributed by atoms with Crippen LogP contribution < -0.4 is 5.32 Å². The van der Waals surface area contributed by atoms with E-state index in [1.54, 1.807) is 11.4 Å². The highest BCUT2D eigenvalue weighted by atomic mass is 32.2. The van der Waals surface area contributed by atoms with Gasteiger partial charge in [0.25, 0.3) is 0 Å². The summed E-state index contributed by atoms with van der Waals surface area (Å²) in [7, 11) is 0. The van der Waals surface area contributed by atoms with Crippen LogP contribution in [0.3, 0.4) is 0 Å². The highest BCUT2D eigenvalue weighted by molar-refractivity contribution is 8.00. The van der Waals surface area contributed by atoms with Gasteiger partial charge in [0.15, 0.2) is 5.16 Å². The van der Waals surface area contributed by atoms with Crippen molar-refractivity contribution >= 4 is 34.0 Å². The Balaban J connectivity index is 1.55. The maximum absolute atomic E-state index is 12.6. The second kappa shape index (κ2) is 7.55. The van der Waals surface area contributed by atoms with Gasteiger partial charge in [0.05, 0.1) is 10.8 Å². The van der Waals surface area contributed by atoms with Gasteiger partial charge in [-0.05, 0) is 43.3 Å². The highest BCUT2D eigenvalue weighted by Crippen LogP contribution is 2.41. The Kier molecular flexibility index (Phi) is 4.97. The molecule has 0 saturated heterocycles. The van der Waals surface area contributed by atoms with E-state index in [9.17, 15) is 4.79 Å². The van der Waals surface area contributed by atoms with Crippen LogP contribution in [0.15, 0.2) is 46.9 Å². The molecular weight excluding hydrogens is 378 g/mol. The first-order chi connectivity index (χ1) is 13.2. The van der Waals surface area contributed by atoms with E-state index in [0.29, 0.717) is 21.6 Å². The number of carbonyl (C=O) groups excluding carboxylic acids is 1. The molecule has 1 fully saturated rings. The second-order valence-electron chi connectivity index (χ2n) is 6.31. The molecule has 0 aliphatic heterocycles. The van der Waals surface area contributed by atoms with E-state index in [0.717, 1.165) is 24.4 Å². The van der Waals surface area contributed by atoms with Crippen molar-refractivity contribution in [2.45, 2.75) is 36.1 Å². The molecule has 1 atom stereocenters. The summed E-state index contributed by atoms with van der Waals surface area (Å²) in [6.45, 7) is 1.83. The average molecular weight is 396 g/mol. The fraction of sp³-hybridized carbons (Fsp3) is 0.263. The maximum atomic E-state index is 12.6. The molecule has 3 aromatic rings. The van der Waals surface area contributed by atoms with Gasteiger partial charge < -0.3 is 5.32 Å². The van der Waals surface area contributed by atoms with Crippen LogP contribution in [0.1, 0.15) is 37.1 Å². The van der Waals surface area contributed by atoms with Crippen LogP contribution in [-0.4, -0.2) is 25.9 Å². The van der Waals surface area contributed by atoms with Gasteiger partial charge >= 0.3 is 0 Å². The number of anilines is 1. The van der Waals surface area contributed by atoms with Crippen molar-refractivity contribution in [3.05, 3.63) is 53.2 Å². The standard InChI is InChI=1S/C19H17N5OS2/c1-12(17(25)21-18-14(11-20)9-10-26-18)27-19-23-22-16(13-7-8-13)24(19)15-5-3-2-4-6-15/h2-6,9-10,12-13H,7-8H2,1H3,(H,21,25)/t12-/m1/s1. The van der Waals surface area contributed by atoms with Gasteiger partial charge in [-0.3, -0.25) is 9.36 Å². The minimum Gasteiger partial charge on any atom is -0.316 e. The van der Waals surface area contributed by atoms with Crippen molar-refractivity contribution in [1.29, 1.82) is 5.26 Å². The molecule has 136 valence electrons. The molecule has 1 N–H and O–H groups in total. The number of thioether (sulfide) groups is 1. The van der Waals surface area contributed by atoms with Gasteiger partial charge in [0.2, 0.25) is 5.91 Å². The Labute approximate surface area is 165 Å². The first-order valence-corrected chi connectivity index (χ1v) is 10.4. The van der Waals surface area contributed by atoms with Crippen LogP contribution in [0.4, 0.5) is 5.00 Å². The topological polar surface area (TPSA) is 83.6 Å². The number of carbonyl (C=O) groups is 1. The van der Waals surface area contributed by atoms with Crippen molar-refractivity contribution in [2.24, 2.45) is 0 Å². The van der Waals surface area contributed by atoms with E-state index >= 15 is 0 Å². The summed E-state index contributed by atoms with van der Waals surface area (Å²) in [6, 6.07) is 13.8. The Hall–Kier alpha value is -2.63. The quantitative estimate of drug-likeness (QED) is 0.633. The molecule has 1 aliphatic carbocycles. The number of hydrogen-bond donors (Lipinski definition) is 1. The number of nitriles is 1. The van der Waals surface area contributed by atoms with Gasteiger partial charge in [-0.2, -0.15) is 5.26 Å². The van der Waals surface area contributed by atoms with Crippen LogP contribution in [0.5, 0.6) is 0 Å². The zero-order valence-electron chi connectivity index (χ0n) is 14.6. The fourth-order valence-electron chi connectivity index (χ4n) is 2.70. The molecule has 0 radical (unpaired) electrons. The number of para-hydroxylation sites is 1. The van der Waals surface area contributed by atoms with Gasteiger partial charge in [0.1, 0.15) is 16.9 Å². The molecule has 27 heavy (non-hydrogen) atoms. The fourth-order valence-corrected chi connectivity index (χ4v) is 4.32. The first kappa shape index (κ1) is 17.8. The SMILES string of the molecule is C[C@@H](Sc1nnc(C2CC2)n1-c1ccccc1)C(=O)Nc1sccc1C#N. The molecule has 1 saturated carbocycles. The molecular formula is C19H17N5OS2. The van der Waals surface area contributed by atoms with Gasteiger partial charge in [-0.15, -0.1) is 21.5 Å². The minimum absolute atomic E-state index is 0.158. The smallest absolute Gasteiger partial charge is 0.238 e. The van der Waals surface area contributed by atoms with Gasteiger partial charge in [0, 0.05) is 11.6 Å². The summed E-state index contributed by atoms with van der Waals surface area (Å²) in [5.41, 5.74) is 1.48. The summed E-state index contributed by atoms with van der Waals surface area (Å²) in [6.07, 6.45) is 2.25. The molecule has 8 heteroatoms. The van der Waals surface area contributed by atoms with E-state index in [4.69, 9.17) is 5.26 Å². The molecule has 2 aromatic heterocycles. The third kappa shape index (κ3) is 3.75. The van der Waals surface area contributed by atoms with Crippen LogP contribution in [-0.2, 0) is 4.79 Å². The zero-order chi connectivity index (χ0) is 18.8. The largest absolute Gasteiger partial charge is 0.316 e. The molecule has 1 amide bonds. The van der Waals surface area contributed by atoms with E-state index in [1.807, 2.05) is 37.3 Å². The molecule has 0 bridgehead atoms.